The second-order valence-corrected chi connectivity index (χ2v) is 4.49. The van der Waals surface area contributed by atoms with E-state index >= 15 is 0 Å². The summed E-state index contributed by atoms with van der Waals surface area (Å²) < 4.78 is 13.1. The number of pyridine rings is 1. The molecule has 104 valence electrons. The lowest BCUT2D eigenvalue weighted by Crippen LogP contribution is -2.32. The second-order valence-electron chi connectivity index (χ2n) is 4.49. The van der Waals surface area contributed by atoms with Crippen molar-refractivity contribution in [3.05, 3.63) is 65.7 Å². The number of carbonyl (C=O) groups excluding carboxylic acids is 1. The van der Waals surface area contributed by atoms with Gasteiger partial charge in [-0.3, -0.25) is 4.79 Å². The number of likely N-dealkylation sites (N-methyl/N-ethyl adjacent to an activating group) is 1. The molecular formula is C16H17FN2O. The van der Waals surface area contributed by atoms with Gasteiger partial charge >= 0.3 is 0 Å². The standard InChI is InChI=1S/C16H17FN2O/c1-2-19(11-9-13-6-4-3-5-7-13)16(20)14-8-10-18-15(17)12-14/h3-8,10,12H,2,9,11H2,1H3. The number of hydrogen-bond acceptors (Lipinski definition) is 2. The Kier molecular flexibility index (Phi) is 4.82. The van der Waals surface area contributed by atoms with Crippen LogP contribution in [0.15, 0.2) is 48.7 Å². The van der Waals surface area contributed by atoms with E-state index in [2.05, 4.69) is 4.98 Å². The van der Waals surface area contributed by atoms with Gasteiger partial charge in [-0.1, -0.05) is 30.3 Å². The summed E-state index contributed by atoms with van der Waals surface area (Å²) >= 11 is 0. The van der Waals surface area contributed by atoms with Crippen molar-refractivity contribution < 1.29 is 9.18 Å². The Morgan fingerprint density at radius 2 is 2.00 bits per heavy atom. The molecule has 1 amide bonds. The molecule has 3 nitrogen and oxygen atoms in total. The Morgan fingerprint density at radius 1 is 1.25 bits per heavy atom. The van der Waals surface area contributed by atoms with E-state index in [1.54, 1.807) is 4.90 Å². The summed E-state index contributed by atoms with van der Waals surface area (Å²) in [5.41, 5.74) is 1.52. The molecule has 0 aliphatic carbocycles. The minimum atomic E-state index is -0.630. The van der Waals surface area contributed by atoms with Gasteiger partial charge in [-0.15, -0.1) is 0 Å². The Morgan fingerprint density at radius 3 is 2.65 bits per heavy atom. The minimum absolute atomic E-state index is 0.162. The number of carbonyl (C=O) groups is 1. The first-order valence-corrected chi connectivity index (χ1v) is 6.65. The van der Waals surface area contributed by atoms with Gasteiger partial charge in [0.1, 0.15) is 0 Å². The number of amides is 1. The van der Waals surface area contributed by atoms with Gasteiger partial charge < -0.3 is 4.90 Å². The molecule has 0 fully saturated rings. The van der Waals surface area contributed by atoms with Crippen molar-refractivity contribution in [3.8, 4) is 0 Å². The van der Waals surface area contributed by atoms with E-state index in [0.717, 1.165) is 6.42 Å². The zero-order chi connectivity index (χ0) is 14.4. The largest absolute Gasteiger partial charge is 0.339 e. The lowest BCUT2D eigenvalue weighted by atomic mass is 10.1. The summed E-state index contributed by atoms with van der Waals surface area (Å²) in [5.74, 6) is -0.792. The van der Waals surface area contributed by atoms with E-state index in [4.69, 9.17) is 0 Å². The summed E-state index contributed by atoms with van der Waals surface area (Å²) in [6.45, 7) is 3.12. The number of benzene rings is 1. The fraction of sp³-hybridized carbons (Fsp3) is 0.250. The second kappa shape index (κ2) is 6.80. The lowest BCUT2D eigenvalue weighted by molar-refractivity contribution is 0.0765. The minimum Gasteiger partial charge on any atom is -0.339 e. The van der Waals surface area contributed by atoms with Crippen LogP contribution in [-0.4, -0.2) is 28.9 Å². The zero-order valence-electron chi connectivity index (χ0n) is 11.4. The number of hydrogen-bond donors (Lipinski definition) is 0. The third-order valence-corrected chi connectivity index (χ3v) is 3.16. The summed E-state index contributed by atoms with van der Waals surface area (Å²) in [5, 5.41) is 0. The van der Waals surface area contributed by atoms with Crippen LogP contribution in [0.1, 0.15) is 22.8 Å². The highest BCUT2D eigenvalue weighted by atomic mass is 19.1. The van der Waals surface area contributed by atoms with Crippen LogP contribution in [0.25, 0.3) is 0 Å². The molecule has 1 aromatic heterocycles. The van der Waals surface area contributed by atoms with Gasteiger partial charge in [-0.2, -0.15) is 4.39 Å². The SMILES string of the molecule is CCN(CCc1ccccc1)C(=O)c1ccnc(F)c1. The van der Waals surface area contributed by atoms with E-state index in [1.165, 1.54) is 23.9 Å². The van der Waals surface area contributed by atoms with Crippen LogP contribution in [0.5, 0.6) is 0 Å². The van der Waals surface area contributed by atoms with E-state index in [-0.39, 0.29) is 5.91 Å². The summed E-state index contributed by atoms with van der Waals surface area (Å²) in [6, 6.07) is 12.7. The van der Waals surface area contributed by atoms with Crippen LogP contribution in [-0.2, 0) is 6.42 Å². The fourth-order valence-corrected chi connectivity index (χ4v) is 2.03. The van der Waals surface area contributed by atoms with Crippen LogP contribution in [0.3, 0.4) is 0 Å². The monoisotopic (exact) mass is 272 g/mol. The molecule has 0 N–H and O–H groups in total. The van der Waals surface area contributed by atoms with Gasteiger partial charge in [0.2, 0.25) is 5.95 Å². The summed E-state index contributed by atoms with van der Waals surface area (Å²) in [4.78, 5) is 17.5. The molecule has 1 aromatic carbocycles. The molecule has 0 radical (unpaired) electrons. The van der Waals surface area contributed by atoms with Gasteiger partial charge in [0.15, 0.2) is 0 Å². The zero-order valence-corrected chi connectivity index (χ0v) is 11.4. The molecule has 0 saturated carbocycles. The van der Waals surface area contributed by atoms with Crippen LogP contribution < -0.4 is 0 Å². The Bertz CT molecular complexity index is 572. The Balaban J connectivity index is 2.03. The Hall–Kier alpha value is -2.23. The van der Waals surface area contributed by atoms with Crippen molar-refractivity contribution in [1.29, 1.82) is 0 Å². The van der Waals surface area contributed by atoms with Crippen LogP contribution >= 0.6 is 0 Å². The maximum Gasteiger partial charge on any atom is 0.254 e. The van der Waals surface area contributed by atoms with E-state index in [9.17, 15) is 9.18 Å². The highest BCUT2D eigenvalue weighted by Gasteiger charge is 2.14. The molecule has 0 saturated heterocycles. The number of halogens is 1. The predicted octanol–water partition coefficient (Wildman–Crippen LogP) is 2.93. The fourth-order valence-electron chi connectivity index (χ4n) is 2.03. The number of rotatable bonds is 5. The molecule has 0 aliphatic rings. The highest BCUT2D eigenvalue weighted by Crippen LogP contribution is 2.08. The topological polar surface area (TPSA) is 33.2 Å². The summed E-state index contributed by atoms with van der Waals surface area (Å²) in [7, 11) is 0. The molecule has 2 rings (SSSR count). The van der Waals surface area contributed by atoms with Gasteiger partial charge in [-0.25, -0.2) is 4.98 Å². The van der Waals surface area contributed by atoms with Gasteiger partial charge in [-0.05, 0) is 25.0 Å². The van der Waals surface area contributed by atoms with E-state index in [0.29, 0.717) is 18.7 Å². The third-order valence-electron chi connectivity index (χ3n) is 3.16. The molecule has 2 aromatic rings. The maximum absolute atomic E-state index is 13.1. The third kappa shape index (κ3) is 3.63. The van der Waals surface area contributed by atoms with Crippen LogP contribution in [0, 0.1) is 5.95 Å². The van der Waals surface area contributed by atoms with Gasteiger partial charge in [0, 0.05) is 30.9 Å². The predicted molar refractivity (Wildman–Crippen MR) is 75.9 cm³/mol. The summed E-state index contributed by atoms with van der Waals surface area (Å²) in [6.07, 6.45) is 2.10. The van der Waals surface area contributed by atoms with E-state index < -0.39 is 5.95 Å². The van der Waals surface area contributed by atoms with Crippen molar-refractivity contribution in [1.82, 2.24) is 9.88 Å². The van der Waals surface area contributed by atoms with Gasteiger partial charge in [0.25, 0.3) is 5.91 Å². The van der Waals surface area contributed by atoms with Gasteiger partial charge in [0.05, 0.1) is 0 Å². The average molecular weight is 272 g/mol. The van der Waals surface area contributed by atoms with Crippen molar-refractivity contribution in [2.45, 2.75) is 13.3 Å². The molecule has 0 bridgehead atoms. The molecule has 0 unspecified atom stereocenters. The molecule has 4 heteroatoms. The lowest BCUT2D eigenvalue weighted by Gasteiger charge is -2.21. The molecule has 20 heavy (non-hydrogen) atoms. The van der Waals surface area contributed by atoms with Crippen molar-refractivity contribution in [2.75, 3.05) is 13.1 Å². The Labute approximate surface area is 118 Å². The number of aromatic nitrogens is 1. The number of nitrogens with zero attached hydrogens (tertiary/aromatic N) is 2. The van der Waals surface area contributed by atoms with Crippen molar-refractivity contribution >= 4 is 5.91 Å². The molecular weight excluding hydrogens is 255 g/mol. The maximum atomic E-state index is 13.1. The first-order valence-electron chi connectivity index (χ1n) is 6.65. The normalized spacial score (nSPS) is 10.3. The molecule has 0 spiro atoms. The van der Waals surface area contributed by atoms with E-state index in [1.807, 2.05) is 37.3 Å². The quantitative estimate of drug-likeness (QED) is 0.784. The first kappa shape index (κ1) is 14.2. The molecule has 1 heterocycles. The van der Waals surface area contributed by atoms with Crippen LogP contribution in [0.2, 0.25) is 0 Å². The highest BCUT2D eigenvalue weighted by molar-refractivity contribution is 5.94. The molecule has 0 aliphatic heterocycles. The van der Waals surface area contributed by atoms with Crippen molar-refractivity contribution in [3.63, 3.8) is 0 Å². The first-order chi connectivity index (χ1) is 9.70. The molecule has 0 atom stereocenters. The average Bonchev–Trinajstić information content (AvgIpc) is 2.48. The van der Waals surface area contributed by atoms with Crippen molar-refractivity contribution in [2.24, 2.45) is 0 Å². The van der Waals surface area contributed by atoms with Crippen LogP contribution in [0.4, 0.5) is 4.39 Å². The smallest absolute Gasteiger partial charge is 0.254 e.